The second-order valence-electron chi connectivity index (χ2n) is 8.08. The van der Waals surface area contributed by atoms with Gasteiger partial charge in [0.1, 0.15) is 17.4 Å². The molecule has 2 aromatic carbocycles. The van der Waals surface area contributed by atoms with E-state index >= 15 is 0 Å². The molecule has 4 rings (SSSR count). The van der Waals surface area contributed by atoms with E-state index < -0.39 is 35.4 Å². The molecule has 38 heavy (non-hydrogen) atoms. The average molecular weight is 567 g/mol. The lowest BCUT2D eigenvalue weighted by atomic mass is 10.2. The van der Waals surface area contributed by atoms with Crippen molar-refractivity contribution in [2.75, 3.05) is 12.0 Å². The van der Waals surface area contributed by atoms with Gasteiger partial charge < -0.3 is 14.5 Å². The zero-order chi connectivity index (χ0) is 27.6. The number of alkyl halides is 2. The van der Waals surface area contributed by atoms with Gasteiger partial charge in [0.2, 0.25) is 5.71 Å². The number of amides is 2. The van der Waals surface area contributed by atoms with Crippen LogP contribution in [0.4, 0.5) is 19.3 Å². The van der Waals surface area contributed by atoms with Gasteiger partial charge in [-0.25, -0.2) is 18.4 Å². The lowest BCUT2D eigenvalue weighted by molar-refractivity contribution is -0.114. The number of carbonyl (C=O) groups excluding carboxylic acids is 2. The molecule has 1 aliphatic rings. The molecule has 3 N–H and O–H groups in total. The summed E-state index contributed by atoms with van der Waals surface area (Å²) in [5, 5.41) is 14.6. The number of nitrogens with zero attached hydrogens (tertiary/aromatic N) is 3. The first-order valence-corrected chi connectivity index (χ1v) is 11.8. The molecule has 1 aliphatic carbocycles. The van der Waals surface area contributed by atoms with Crippen LogP contribution in [0.15, 0.2) is 40.2 Å². The molecular formula is C23H18Cl2F2N6O5. The van der Waals surface area contributed by atoms with Gasteiger partial charge in [-0.2, -0.15) is 10.4 Å². The number of aromatic amines is 1. The first-order valence-electron chi connectivity index (χ1n) is 11.0. The van der Waals surface area contributed by atoms with E-state index in [2.05, 4.69) is 20.2 Å². The molecule has 0 unspecified atom stereocenters. The molecule has 198 valence electrons. The summed E-state index contributed by atoms with van der Waals surface area (Å²) in [6.45, 7) is 1.57. The fraction of sp³-hybridized carbons (Fsp3) is 0.261. The second kappa shape index (κ2) is 10.7. The molecule has 0 spiro atoms. The van der Waals surface area contributed by atoms with Gasteiger partial charge in [0.15, 0.2) is 5.75 Å². The third-order valence-corrected chi connectivity index (χ3v) is 6.16. The summed E-state index contributed by atoms with van der Waals surface area (Å²) in [5.41, 5.74) is 0.356. The SMILES string of the molecule is CCOC(=O)NC(=O)/C(C#N)=N/Nc1cc(Cl)c(Oc2ccc3[nH]c(=O)n(C4(C(F)F)CC4)c3c2)c(Cl)c1. The van der Waals surface area contributed by atoms with Crippen molar-refractivity contribution in [3.63, 3.8) is 0 Å². The van der Waals surface area contributed by atoms with Crippen LogP contribution in [-0.2, 0) is 15.1 Å². The Balaban J connectivity index is 1.56. The summed E-state index contributed by atoms with van der Waals surface area (Å²) >= 11 is 12.6. The molecule has 11 nitrogen and oxygen atoms in total. The Kier molecular flexibility index (Phi) is 7.56. The highest BCUT2D eigenvalue weighted by molar-refractivity contribution is 6.47. The first-order chi connectivity index (χ1) is 18.1. The third kappa shape index (κ3) is 5.27. The van der Waals surface area contributed by atoms with Gasteiger partial charge in [0.05, 0.1) is 33.4 Å². The van der Waals surface area contributed by atoms with Crippen molar-refractivity contribution < 1.29 is 27.8 Å². The Morgan fingerprint density at radius 1 is 1.26 bits per heavy atom. The Labute approximate surface area is 222 Å². The summed E-state index contributed by atoms with van der Waals surface area (Å²) < 4.78 is 38.8. The van der Waals surface area contributed by atoms with Crippen LogP contribution in [0.25, 0.3) is 11.0 Å². The molecule has 1 saturated carbocycles. The predicted octanol–water partition coefficient (Wildman–Crippen LogP) is 4.75. The van der Waals surface area contributed by atoms with Crippen LogP contribution in [0.1, 0.15) is 19.8 Å². The fourth-order valence-electron chi connectivity index (χ4n) is 3.66. The number of rotatable bonds is 8. The normalized spacial score (nSPS) is 14.2. The van der Waals surface area contributed by atoms with Gasteiger partial charge in [0.25, 0.3) is 12.3 Å². The van der Waals surface area contributed by atoms with E-state index in [0.717, 1.165) is 4.57 Å². The highest BCUT2D eigenvalue weighted by atomic mass is 35.5. The molecule has 0 aliphatic heterocycles. The lowest BCUT2D eigenvalue weighted by Crippen LogP contribution is -2.36. The fourth-order valence-corrected chi connectivity index (χ4v) is 4.23. The van der Waals surface area contributed by atoms with Gasteiger partial charge >= 0.3 is 11.8 Å². The van der Waals surface area contributed by atoms with Crippen molar-refractivity contribution in [1.82, 2.24) is 14.9 Å². The molecule has 0 saturated heterocycles. The highest BCUT2D eigenvalue weighted by Crippen LogP contribution is 2.49. The number of nitriles is 1. The van der Waals surface area contributed by atoms with Gasteiger partial charge in [-0.05, 0) is 44.0 Å². The van der Waals surface area contributed by atoms with Crippen LogP contribution in [0.3, 0.4) is 0 Å². The molecule has 3 aromatic rings. The van der Waals surface area contributed by atoms with E-state index in [0.29, 0.717) is 5.52 Å². The minimum absolute atomic E-state index is 0.00230. The first kappa shape index (κ1) is 26.9. The van der Waals surface area contributed by atoms with Crippen molar-refractivity contribution in [3.8, 4) is 17.6 Å². The third-order valence-electron chi connectivity index (χ3n) is 5.60. The molecular weight excluding hydrogens is 549 g/mol. The lowest BCUT2D eigenvalue weighted by Gasteiger charge is -2.16. The number of alkyl carbamates (subject to hydrolysis) is 1. The topological polar surface area (TPSA) is 151 Å². The minimum Gasteiger partial charge on any atom is -0.454 e. The van der Waals surface area contributed by atoms with Crippen molar-refractivity contribution in [3.05, 3.63) is 50.9 Å². The molecule has 1 aromatic heterocycles. The van der Waals surface area contributed by atoms with E-state index in [-0.39, 0.29) is 52.2 Å². The van der Waals surface area contributed by atoms with E-state index in [4.69, 9.17) is 33.2 Å². The number of carbonyl (C=O) groups is 2. The van der Waals surface area contributed by atoms with E-state index in [9.17, 15) is 23.2 Å². The number of nitrogens with one attached hydrogen (secondary N) is 3. The van der Waals surface area contributed by atoms with Crippen LogP contribution < -0.4 is 21.2 Å². The van der Waals surface area contributed by atoms with Crippen molar-refractivity contribution in [1.29, 1.82) is 5.26 Å². The minimum atomic E-state index is -2.71. The Bertz CT molecular complexity index is 1530. The number of H-pyrrole nitrogens is 1. The maximum atomic E-state index is 13.7. The monoisotopic (exact) mass is 566 g/mol. The van der Waals surface area contributed by atoms with E-state index in [1.54, 1.807) is 6.92 Å². The number of hydrogen-bond acceptors (Lipinski definition) is 8. The van der Waals surface area contributed by atoms with Crippen molar-refractivity contribution in [2.45, 2.75) is 31.7 Å². The van der Waals surface area contributed by atoms with Crippen molar-refractivity contribution >= 4 is 57.6 Å². The number of imidazole rings is 1. The molecule has 2 amide bonds. The maximum absolute atomic E-state index is 13.7. The number of benzene rings is 2. The summed E-state index contributed by atoms with van der Waals surface area (Å²) in [5.74, 6) is -0.892. The van der Waals surface area contributed by atoms with Crippen LogP contribution in [-0.4, -0.2) is 40.3 Å². The number of fused-ring (bicyclic) bond motifs is 1. The Hall–Kier alpha value is -4.15. The van der Waals surface area contributed by atoms with Crippen LogP contribution in [0.2, 0.25) is 10.0 Å². The van der Waals surface area contributed by atoms with Gasteiger partial charge in [-0.15, -0.1) is 0 Å². The maximum Gasteiger partial charge on any atom is 0.414 e. The summed E-state index contributed by atoms with van der Waals surface area (Å²) in [6.07, 6.45) is -3.40. The molecule has 15 heteroatoms. The highest BCUT2D eigenvalue weighted by Gasteiger charge is 2.54. The summed E-state index contributed by atoms with van der Waals surface area (Å²) in [7, 11) is 0. The standard InChI is InChI=1S/C23H18Cl2F2N6O5/c1-2-37-22(36)30-19(34)16(10-28)32-31-11-7-13(24)18(14(25)8-11)38-12-3-4-15-17(9-12)33(21(35)29-15)23(5-6-23)20(26)27/h3-4,7-9,20,31H,2,5-6H2,1H3,(H,29,35)(H,30,34,36)/b32-16+. The Morgan fingerprint density at radius 3 is 2.53 bits per heavy atom. The number of halogens is 4. The van der Waals surface area contributed by atoms with Crippen LogP contribution in [0, 0.1) is 11.3 Å². The van der Waals surface area contributed by atoms with Crippen LogP contribution in [0.5, 0.6) is 11.5 Å². The van der Waals surface area contributed by atoms with Gasteiger partial charge in [-0.1, -0.05) is 23.2 Å². The zero-order valence-corrected chi connectivity index (χ0v) is 21.0. The molecule has 1 fully saturated rings. The average Bonchev–Trinajstić information content (AvgIpc) is 3.58. The number of imide groups is 1. The van der Waals surface area contributed by atoms with E-state index in [1.165, 1.54) is 36.4 Å². The molecule has 0 atom stereocenters. The predicted molar refractivity (Wildman–Crippen MR) is 134 cm³/mol. The van der Waals surface area contributed by atoms with Crippen LogP contribution >= 0.6 is 23.2 Å². The van der Waals surface area contributed by atoms with E-state index in [1.807, 2.05) is 5.32 Å². The number of hydrogen-bond donors (Lipinski definition) is 3. The largest absolute Gasteiger partial charge is 0.454 e. The summed E-state index contributed by atoms with van der Waals surface area (Å²) in [6, 6.07) is 8.67. The molecule has 1 heterocycles. The molecule has 0 radical (unpaired) electrons. The second-order valence-corrected chi connectivity index (χ2v) is 8.89. The zero-order valence-electron chi connectivity index (χ0n) is 19.5. The van der Waals surface area contributed by atoms with Gasteiger partial charge in [-0.3, -0.25) is 20.1 Å². The summed E-state index contributed by atoms with van der Waals surface area (Å²) in [4.78, 5) is 38.3. The van der Waals surface area contributed by atoms with Gasteiger partial charge in [0, 0.05) is 6.07 Å². The number of hydrazone groups is 1. The number of anilines is 1. The van der Waals surface area contributed by atoms with Crippen molar-refractivity contribution in [2.24, 2.45) is 5.10 Å². The quantitative estimate of drug-likeness (QED) is 0.263. The number of aromatic nitrogens is 2. The number of ether oxygens (including phenoxy) is 2. The Morgan fingerprint density at radius 2 is 1.95 bits per heavy atom. The smallest absolute Gasteiger partial charge is 0.414 e. The molecule has 0 bridgehead atoms.